The standard InChI is InChI=1S/C37H61N5O7/c1-11-12-18-26(30(44)32(46)38-20-19-27(43)41(10)35(2,3)4)39-31(45)29-24-21-37(8,9)25(24)22-42(29)33(47)28(23-16-14-13-15-17-23)40-34(48)49-36(5,6)7/h11,23-26,28-29H,1,12-22H2,2-10H3,(H,38,46)(H,39,45)(H,40,48)/t24-,25-,26?,28-,29-/m0/s1. The number of ether oxygens (including phenoxy) is 1. The number of ketones is 1. The second kappa shape index (κ2) is 16.1. The van der Waals surface area contributed by atoms with Crippen LogP contribution in [0.15, 0.2) is 12.7 Å². The summed E-state index contributed by atoms with van der Waals surface area (Å²) in [5.74, 6) is -2.84. The van der Waals surface area contributed by atoms with Gasteiger partial charge in [-0.1, -0.05) is 39.2 Å². The number of likely N-dealkylation sites (tertiary alicyclic amines) is 1. The van der Waals surface area contributed by atoms with E-state index in [1.54, 1.807) is 43.7 Å². The molecule has 3 rings (SSSR count). The first-order valence-electron chi connectivity index (χ1n) is 18.0. The van der Waals surface area contributed by atoms with E-state index < -0.39 is 47.4 Å². The average molecular weight is 688 g/mol. The van der Waals surface area contributed by atoms with Gasteiger partial charge in [-0.3, -0.25) is 24.0 Å². The van der Waals surface area contributed by atoms with Crippen LogP contribution in [0.1, 0.15) is 113 Å². The molecule has 0 spiro atoms. The number of nitrogens with one attached hydrogen (secondary N) is 3. The number of carbonyl (C=O) groups excluding carboxylic acids is 6. The number of fused-ring (bicyclic) bond motifs is 1. The Balaban J connectivity index is 1.80. The summed E-state index contributed by atoms with van der Waals surface area (Å²) in [6.45, 7) is 19.3. The van der Waals surface area contributed by atoms with Crippen LogP contribution in [0.25, 0.3) is 0 Å². The summed E-state index contributed by atoms with van der Waals surface area (Å²) in [6, 6.07) is -2.85. The molecular formula is C37H61N5O7. The molecule has 3 aliphatic rings. The first kappa shape index (κ1) is 40.0. The average Bonchev–Trinajstić information content (AvgIpc) is 3.34. The molecule has 12 nitrogen and oxygen atoms in total. The third-order valence-corrected chi connectivity index (χ3v) is 10.5. The number of carbonyl (C=O) groups is 6. The molecule has 1 heterocycles. The molecule has 0 aromatic heterocycles. The zero-order valence-corrected chi connectivity index (χ0v) is 31.3. The van der Waals surface area contributed by atoms with E-state index in [2.05, 4.69) is 36.4 Å². The van der Waals surface area contributed by atoms with Gasteiger partial charge in [-0.05, 0) is 96.8 Å². The van der Waals surface area contributed by atoms with E-state index >= 15 is 0 Å². The maximum Gasteiger partial charge on any atom is 0.408 e. The van der Waals surface area contributed by atoms with Gasteiger partial charge in [0.15, 0.2) is 0 Å². The van der Waals surface area contributed by atoms with Gasteiger partial charge < -0.3 is 30.5 Å². The molecule has 1 aliphatic heterocycles. The molecular weight excluding hydrogens is 626 g/mol. The van der Waals surface area contributed by atoms with Crippen LogP contribution in [0.5, 0.6) is 0 Å². The molecule has 2 aliphatic carbocycles. The molecule has 1 unspecified atom stereocenters. The third kappa shape index (κ3) is 10.3. The highest BCUT2D eigenvalue weighted by Crippen LogP contribution is 2.57. The van der Waals surface area contributed by atoms with E-state index in [0.717, 1.165) is 38.5 Å². The lowest BCUT2D eigenvalue weighted by Gasteiger charge is -2.48. The summed E-state index contributed by atoms with van der Waals surface area (Å²) in [5.41, 5.74) is -1.22. The van der Waals surface area contributed by atoms with Gasteiger partial charge in [0.1, 0.15) is 17.7 Å². The van der Waals surface area contributed by atoms with Crippen molar-refractivity contribution in [1.29, 1.82) is 0 Å². The maximum atomic E-state index is 14.5. The van der Waals surface area contributed by atoms with Crippen molar-refractivity contribution in [2.24, 2.45) is 23.2 Å². The van der Waals surface area contributed by atoms with Gasteiger partial charge in [-0.2, -0.15) is 0 Å². The van der Waals surface area contributed by atoms with Gasteiger partial charge in [0.2, 0.25) is 23.5 Å². The highest BCUT2D eigenvalue weighted by molar-refractivity contribution is 6.38. The van der Waals surface area contributed by atoms with Crippen LogP contribution in [0, 0.1) is 23.2 Å². The molecule has 5 amide bonds. The number of alkyl carbamates (subject to hydrolysis) is 1. The molecule has 0 radical (unpaired) electrons. The highest BCUT2D eigenvalue weighted by Gasteiger charge is 2.61. The van der Waals surface area contributed by atoms with Crippen molar-refractivity contribution in [3.8, 4) is 0 Å². The molecule has 0 aromatic rings. The van der Waals surface area contributed by atoms with E-state index in [-0.39, 0.29) is 59.9 Å². The first-order chi connectivity index (χ1) is 22.7. The minimum Gasteiger partial charge on any atom is -0.444 e. The number of amides is 5. The van der Waals surface area contributed by atoms with Gasteiger partial charge in [-0.15, -0.1) is 6.58 Å². The van der Waals surface area contributed by atoms with Gasteiger partial charge in [0, 0.05) is 32.1 Å². The van der Waals surface area contributed by atoms with Gasteiger partial charge >= 0.3 is 6.09 Å². The molecule has 49 heavy (non-hydrogen) atoms. The molecule has 0 aromatic carbocycles. The molecule has 5 atom stereocenters. The van der Waals surface area contributed by atoms with Crippen LogP contribution in [-0.4, -0.2) is 94.7 Å². The van der Waals surface area contributed by atoms with Crippen molar-refractivity contribution in [3.63, 3.8) is 0 Å². The topological polar surface area (TPSA) is 154 Å². The predicted octanol–water partition coefficient (Wildman–Crippen LogP) is 4.12. The number of rotatable bonds is 13. The fourth-order valence-corrected chi connectivity index (χ4v) is 7.50. The molecule has 276 valence electrons. The Kier molecular flexibility index (Phi) is 13.1. The Hall–Kier alpha value is -3.44. The molecule has 12 heteroatoms. The molecule has 0 bridgehead atoms. The lowest BCUT2D eigenvalue weighted by molar-refractivity contribution is -0.144. The minimum atomic E-state index is -1.14. The fourth-order valence-electron chi connectivity index (χ4n) is 7.50. The van der Waals surface area contributed by atoms with Crippen molar-refractivity contribution in [3.05, 3.63) is 12.7 Å². The molecule has 3 N–H and O–H groups in total. The van der Waals surface area contributed by atoms with Crippen molar-refractivity contribution >= 4 is 35.5 Å². The Morgan fingerprint density at radius 3 is 2.18 bits per heavy atom. The summed E-state index contributed by atoms with van der Waals surface area (Å²) in [5, 5.41) is 8.23. The quantitative estimate of drug-likeness (QED) is 0.195. The third-order valence-electron chi connectivity index (χ3n) is 10.5. The first-order valence-corrected chi connectivity index (χ1v) is 18.0. The summed E-state index contributed by atoms with van der Waals surface area (Å²) >= 11 is 0. The van der Waals surface area contributed by atoms with Crippen LogP contribution in [0.2, 0.25) is 0 Å². The Morgan fingerprint density at radius 1 is 1.00 bits per heavy atom. The van der Waals surface area contributed by atoms with Crippen LogP contribution >= 0.6 is 0 Å². The largest absolute Gasteiger partial charge is 0.444 e. The van der Waals surface area contributed by atoms with Gasteiger partial charge in [0.05, 0.1) is 6.04 Å². The van der Waals surface area contributed by atoms with Gasteiger partial charge in [-0.25, -0.2) is 4.79 Å². The van der Waals surface area contributed by atoms with E-state index in [4.69, 9.17) is 4.74 Å². The lowest BCUT2D eigenvalue weighted by atomic mass is 9.55. The number of hydrogen-bond donors (Lipinski definition) is 3. The normalized spacial score (nSPS) is 23.2. The monoisotopic (exact) mass is 687 g/mol. The number of nitrogens with zero attached hydrogens (tertiary/aromatic N) is 2. The summed E-state index contributed by atoms with van der Waals surface area (Å²) < 4.78 is 5.54. The minimum absolute atomic E-state index is 0.0218. The second-order valence-electron chi connectivity index (χ2n) is 16.8. The zero-order valence-electron chi connectivity index (χ0n) is 31.3. The van der Waals surface area contributed by atoms with Crippen molar-refractivity contribution in [1.82, 2.24) is 25.8 Å². The predicted molar refractivity (Wildman–Crippen MR) is 187 cm³/mol. The van der Waals surface area contributed by atoms with Crippen LogP contribution in [0.4, 0.5) is 4.79 Å². The maximum absolute atomic E-state index is 14.5. The van der Waals surface area contributed by atoms with Crippen LogP contribution < -0.4 is 16.0 Å². The SMILES string of the molecule is C=CCCC(NC(=O)[C@@H]1[C@H]2CC(C)(C)[C@H]2CN1C(=O)[C@@H](NC(=O)OC(C)(C)C)C1CCCCC1)C(=O)C(=O)NCCC(=O)N(C)C(C)(C)C. The Labute approximate surface area is 292 Å². The Bertz CT molecular complexity index is 1260. The number of Topliss-reactive ketones (excluding diaryl/α,β-unsaturated/α-hetero) is 1. The van der Waals surface area contributed by atoms with E-state index in [1.165, 1.54) is 0 Å². The summed E-state index contributed by atoms with van der Waals surface area (Å²) in [6.07, 6.45) is 6.71. The van der Waals surface area contributed by atoms with E-state index in [9.17, 15) is 28.8 Å². The van der Waals surface area contributed by atoms with E-state index in [1.807, 2.05) is 20.8 Å². The highest BCUT2D eigenvalue weighted by atomic mass is 16.6. The van der Waals surface area contributed by atoms with E-state index in [0.29, 0.717) is 13.0 Å². The summed E-state index contributed by atoms with van der Waals surface area (Å²) in [4.78, 5) is 83.7. The fraction of sp³-hybridized carbons (Fsp3) is 0.784. The zero-order chi connectivity index (χ0) is 36.9. The second-order valence-corrected chi connectivity index (χ2v) is 16.8. The Morgan fingerprint density at radius 2 is 1.63 bits per heavy atom. The van der Waals surface area contributed by atoms with Crippen molar-refractivity contribution in [2.45, 2.75) is 142 Å². The van der Waals surface area contributed by atoms with Crippen molar-refractivity contribution in [2.75, 3.05) is 20.1 Å². The molecule has 3 fully saturated rings. The smallest absolute Gasteiger partial charge is 0.408 e. The summed E-state index contributed by atoms with van der Waals surface area (Å²) in [7, 11) is 1.69. The van der Waals surface area contributed by atoms with Gasteiger partial charge in [0.25, 0.3) is 5.91 Å². The lowest BCUT2D eigenvalue weighted by Crippen LogP contribution is -2.59. The number of hydrogen-bond acceptors (Lipinski definition) is 7. The number of allylic oxidation sites excluding steroid dienone is 1. The van der Waals surface area contributed by atoms with Crippen LogP contribution in [-0.2, 0) is 28.7 Å². The van der Waals surface area contributed by atoms with Crippen LogP contribution in [0.3, 0.4) is 0 Å². The molecule has 1 saturated heterocycles. The molecule has 2 saturated carbocycles. The van der Waals surface area contributed by atoms with Crippen molar-refractivity contribution < 1.29 is 33.5 Å².